The Kier molecular flexibility index (Phi) is 6.52. The van der Waals surface area contributed by atoms with Gasteiger partial charge in [0, 0.05) is 10.5 Å². The molecule has 0 aliphatic heterocycles. The summed E-state index contributed by atoms with van der Waals surface area (Å²) in [5.74, 6) is 0. The molecule has 0 amide bonds. The third kappa shape index (κ3) is 7.00. The van der Waals surface area contributed by atoms with E-state index >= 15 is 0 Å². The number of thiol groups is 2. The van der Waals surface area contributed by atoms with Crippen molar-refractivity contribution in [3.63, 3.8) is 0 Å². The Hall–Kier alpha value is 0.620. The van der Waals surface area contributed by atoms with Gasteiger partial charge in [0.1, 0.15) is 0 Å². The molecule has 2 atom stereocenters. The average Bonchev–Trinajstić information content (AvgIpc) is 1.85. The van der Waals surface area contributed by atoms with Gasteiger partial charge in [-0.2, -0.15) is 25.3 Å². The molecule has 2 unspecified atom stereocenters. The smallest absolute Gasteiger partial charge is 0.0531 e. The second kappa shape index (κ2) is 6.17. The Morgan fingerprint density at radius 1 is 1.09 bits per heavy atom. The summed E-state index contributed by atoms with van der Waals surface area (Å²) in [5.41, 5.74) is 10.8. The van der Waals surface area contributed by atoms with Crippen LogP contribution in [-0.4, -0.2) is 16.7 Å². The quantitative estimate of drug-likeness (QED) is 0.390. The van der Waals surface area contributed by atoms with Crippen LogP contribution in [0.4, 0.5) is 0 Å². The fourth-order valence-electron chi connectivity index (χ4n) is 0.891. The Bertz CT molecular complexity index is 98.4. The highest BCUT2D eigenvalue weighted by atomic mass is 32.1. The van der Waals surface area contributed by atoms with Crippen molar-refractivity contribution < 1.29 is 0 Å². The van der Waals surface area contributed by atoms with E-state index in [1.807, 2.05) is 0 Å². The molecule has 0 spiro atoms. The summed E-state index contributed by atoms with van der Waals surface area (Å²) in [6, 6.07) is 0. The van der Waals surface area contributed by atoms with Crippen LogP contribution in [0.15, 0.2) is 0 Å². The Morgan fingerprint density at radius 2 is 1.64 bits per heavy atom. The van der Waals surface area contributed by atoms with Crippen molar-refractivity contribution >= 4 is 25.3 Å². The molecule has 0 saturated heterocycles. The van der Waals surface area contributed by atoms with Gasteiger partial charge in [-0.05, 0) is 19.3 Å². The molecular weight excluding hydrogens is 176 g/mol. The third-order valence-corrected chi connectivity index (χ3v) is 2.56. The zero-order valence-corrected chi connectivity index (χ0v) is 8.69. The van der Waals surface area contributed by atoms with Crippen LogP contribution in [0.1, 0.15) is 26.2 Å². The van der Waals surface area contributed by atoms with E-state index < -0.39 is 0 Å². The van der Waals surface area contributed by atoms with Crippen molar-refractivity contribution in [3.8, 4) is 0 Å². The van der Waals surface area contributed by atoms with Crippen molar-refractivity contribution in [1.82, 2.24) is 0 Å². The van der Waals surface area contributed by atoms with Gasteiger partial charge in [0.05, 0.1) is 6.17 Å². The van der Waals surface area contributed by atoms with Crippen LogP contribution in [0.25, 0.3) is 0 Å². The van der Waals surface area contributed by atoms with Gasteiger partial charge in [0.15, 0.2) is 0 Å². The third-order valence-electron chi connectivity index (χ3n) is 1.56. The highest BCUT2D eigenvalue weighted by molar-refractivity contribution is 7.81. The molecule has 68 valence electrons. The molecule has 0 aliphatic rings. The van der Waals surface area contributed by atoms with E-state index in [2.05, 4.69) is 32.2 Å². The Labute approximate surface area is 79.9 Å². The average molecular weight is 194 g/mol. The molecule has 0 saturated carbocycles. The number of hydrogen-bond donors (Lipinski definition) is 4. The zero-order valence-electron chi connectivity index (χ0n) is 6.90. The summed E-state index contributed by atoms with van der Waals surface area (Å²) in [7, 11) is 0. The number of rotatable bonds is 5. The van der Waals surface area contributed by atoms with Crippen LogP contribution >= 0.6 is 25.3 Å². The summed E-state index contributed by atoms with van der Waals surface area (Å²) < 4.78 is 0. The largest absolute Gasteiger partial charge is 0.316 e. The summed E-state index contributed by atoms with van der Waals surface area (Å²) in [6.45, 7) is 2.11. The molecule has 4 N–H and O–H groups in total. The molecule has 0 aromatic heterocycles. The minimum atomic E-state index is -0.241. The van der Waals surface area contributed by atoms with Crippen LogP contribution in [0.2, 0.25) is 0 Å². The number of nitrogens with two attached hydrogens (primary N) is 2. The summed E-state index contributed by atoms with van der Waals surface area (Å²) in [5, 5.41) is 0.716. The molecule has 0 bridgehead atoms. The molecule has 11 heavy (non-hydrogen) atoms. The van der Waals surface area contributed by atoms with Gasteiger partial charge in [-0.1, -0.05) is 6.92 Å². The maximum Gasteiger partial charge on any atom is 0.0531 e. The van der Waals surface area contributed by atoms with Gasteiger partial charge >= 0.3 is 0 Å². The molecular formula is C7H18N2S2. The summed E-state index contributed by atoms with van der Waals surface area (Å²) in [4.78, 5) is 0. The van der Waals surface area contributed by atoms with E-state index in [1.54, 1.807) is 0 Å². The highest BCUT2D eigenvalue weighted by Gasteiger charge is 2.10. The number of hydrogen-bond acceptors (Lipinski definition) is 4. The van der Waals surface area contributed by atoms with E-state index in [1.165, 1.54) is 0 Å². The standard InChI is InChI=1S/C7H18N2S2/c1-2-5(10)3-6(11)4-7(8)9/h5-7,10-11H,2-4,8-9H2,1H3. The molecule has 0 aromatic rings. The highest BCUT2D eigenvalue weighted by Crippen LogP contribution is 2.15. The van der Waals surface area contributed by atoms with Gasteiger partial charge < -0.3 is 11.5 Å². The van der Waals surface area contributed by atoms with Crippen LogP contribution in [0.3, 0.4) is 0 Å². The lowest BCUT2D eigenvalue weighted by molar-refractivity contribution is 0.582. The minimum absolute atomic E-state index is 0.241. The van der Waals surface area contributed by atoms with Crippen LogP contribution in [0.5, 0.6) is 0 Å². The van der Waals surface area contributed by atoms with Gasteiger partial charge in [-0.3, -0.25) is 0 Å². The fraction of sp³-hybridized carbons (Fsp3) is 1.00. The summed E-state index contributed by atoms with van der Waals surface area (Å²) in [6.07, 6.45) is 2.57. The Balaban J connectivity index is 3.43. The van der Waals surface area contributed by atoms with Crippen molar-refractivity contribution in [3.05, 3.63) is 0 Å². The predicted octanol–water partition coefficient (Wildman–Crippen LogP) is 1.02. The predicted molar refractivity (Wildman–Crippen MR) is 57.2 cm³/mol. The van der Waals surface area contributed by atoms with Crippen LogP contribution < -0.4 is 11.5 Å². The zero-order chi connectivity index (χ0) is 8.85. The van der Waals surface area contributed by atoms with E-state index in [0.717, 1.165) is 19.3 Å². The van der Waals surface area contributed by atoms with E-state index in [9.17, 15) is 0 Å². The summed E-state index contributed by atoms with van der Waals surface area (Å²) >= 11 is 8.72. The lowest BCUT2D eigenvalue weighted by Crippen LogP contribution is -2.33. The first-order valence-electron chi connectivity index (χ1n) is 3.93. The van der Waals surface area contributed by atoms with Crippen molar-refractivity contribution in [2.75, 3.05) is 0 Å². The van der Waals surface area contributed by atoms with E-state index in [-0.39, 0.29) is 11.4 Å². The SMILES string of the molecule is CCC(S)CC(S)CC(N)N. The fourth-order valence-corrected chi connectivity index (χ4v) is 1.81. The minimum Gasteiger partial charge on any atom is -0.316 e. The molecule has 0 aliphatic carbocycles. The van der Waals surface area contributed by atoms with Gasteiger partial charge in [0.25, 0.3) is 0 Å². The molecule has 4 heteroatoms. The molecule has 0 rings (SSSR count). The normalized spacial score (nSPS) is 16.9. The van der Waals surface area contributed by atoms with Gasteiger partial charge in [0.2, 0.25) is 0 Å². The van der Waals surface area contributed by atoms with Crippen molar-refractivity contribution in [2.24, 2.45) is 11.5 Å². The first-order valence-corrected chi connectivity index (χ1v) is 4.96. The lowest BCUT2D eigenvalue weighted by atomic mass is 10.1. The first kappa shape index (κ1) is 11.6. The molecule has 2 nitrogen and oxygen atoms in total. The van der Waals surface area contributed by atoms with Crippen molar-refractivity contribution in [2.45, 2.75) is 42.9 Å². The lowest BCUT2D eigenvalue weighted by Gasteiger charge is -2.15. The topological polar surface area (TPSA) is 52.0 Å². The molecule has 0 heterocycles. The van der Waals surface area contributed by atoms with Crippen molar-refractivity contribution in [1.29, 1.82) is 0 Å². The molecule has 0 aromatic carbocycles. The van der Waals surface area contributed by atoms with E-state index in [4.69, 9.17) is 11.5 Å². The van der Waals surface area contributed by atoms with Gasteiger partial charge in [-0.25, -0.2) is 0 Å². The van der Waals surface area contributed by atoms with Crippen LogP contribution in [-0.2, 0) is 0 Å². The molecule has 0 radical (unpaired) electrons. The monoisotopic (exact) mass is 194 g/mol. The maximum atomic E-state index is 5.41. The van der Waals surface area contributed by atoms with Gasteiger partial charge in [-0.15, -0.1) is 0 Å². The second-order valence-electron chi connectivity index (χ2n) is 2.85. The molecule has 0 fully saturated rings. The Morgan fingerprint density at radius 3 is 2.00 bits per heavy atom. The van der Waals surface area contributed by atoms with Crippen LogP contribution in [0, 0.1) is 0 Å². The first-order chi connectivity index (χ1) is 5.06. The second-order valence-corrected chi connectivity index (χ2v) is 4.31. The maximum absolute atomic E-state index is 5.41. The van der Waals surface area contributed by atoms with E-state index in [0.29, 0.717) is 5.25 Å².